The molecular formula is C7H14O3S. The fourth-order valence-corrected chi connectivity index (χ4v) is 1.58. The molecule has 1 unspecified atom stereocenters. The van der Waals surface area contributed by atoms with Crippen molar-refractivity contribution in [2.75, 3.05) is 0 Å². The van der Waals surface area contributed by atoms with Crippen molar-refractivity contribution in [2.24, 2.45) is 0 Å². The van der Waals surface area contributed by atoms with Crippen molar-refractivity contribution in [3.8, 4) is 0 Å². The molecule has 0 aromatic rings. The van der Waals surface area contributed by atoms with E-state index in [9.17, 15) is 10.2 Å². The molecule has 0 aromatic heterocycles. The second kappa shape index (κ2) is 3.76. The maximum absolute atomic E-state index is 9.34. The average Bonchev–Trinajstić information content (AvgIpc) is 2.19. The van der Waals surface area contributed by atoms with Gasteiger partial charge in [-0.05, 0) is 6.42 Å². The first kappa shape index (κ1) is 9.32. The number of rotatable bonds is 2. The minimum atomic E-state index is -0.838. The first-order chi connectivity index (χ1) is 5.16. The Hall–Kier alpha value is 0.230. The van der Waals surface area contributed by atoms with E-state index in [0.29, 0.717) is 0 Å². The zero-order valence-corrected chi connectivity index (χ0v) is 7.37. The Morgan fingerprint density at radius 2 is 2.00 bits per heavy atom. The van der Waals surface area contributed by atoms with Crippen molar-refractivity contribution in [1.29, 1.82) is 0 Å². The number of aliphatic hydroxyl groups excluding tert-OH is 2. The van der Waals surface area contributed by atoms with Gasteiger partial charge in [0, 0.05) is 0 Å². The van der Waals surface area contributed by atoms with Crippen LogP contribution in [-0.4, -0.2) is 34.0 Å². The molecule has 0 radical (unpaired) electrons. The molecule has 0 aliphatic carbocycles. The summed E-state index contributed by atoms with van der Waals surface area (Å²) in [7, 11) is 0. The smallest absolute Gasteiger partial charge is 0.129 e. The number of ether oxygens (including phenoxy) is 1. The molecule has 0 spiro atoms. The van der Waals surface area contributed by atoms with E-state index < -0.39 is 17.6 Å². The number of thiol groups is 1. The highest BCUT2D eigenvalue weighted by Crippen LogP contribution is 2.26. The molecule has 3 nitrogen and oxygen atoms in total. The van der Waals surface area contributed by atoms with Gasteiger partial charge in [-0.15, -0.1) is 12.6 Å². The lowest BCUT2D eigenvalue weighted by atomic mass is 10.1. The highest BCUT2D eigenvalue weighted by atomic mass is 32.1. The summed E-state index contributed by atoms with van der Waals surface area (Å²) in [5, 5.41) is 18.5. The van der Waals surface area contributed by atoms with E-state index >= 15 is 0 Å². The van der Waals surface area contributed by atoms with E-state index in [1.165, 1.54) is 0 Å². The summed E-state index contributed by atoms with van der Waals surface area (Å²) in [4.78, 5) is 0. The zero-order chi connectivity index (χ0) is 8.43. The summed E-state index contributed by atoms with van der Waals surface area (Å²) in [6.07, 6.45) is -0.130. The molecule has 0 aromatic carbocycles. The molecule has 0 bridgehead atoms. The van der Waals surface area contributed by atoms with Gasteiger partial charge in [-0.2, -0.15) is 0 Å². The maximum atomic E-state index is 9.34. The van der Waals surface area contributed by atoms with Crippen LogP contribution in [0.5, 0.6) is 0 Å². The Bertz CT molecular complexity index is 131. The molecule has 1 rings (SSSR count). The molecule has 1 aliphatic heterocycles. The molecule has 0 saturated carbocycles. The molecule has 1 fully saturated rings. The standard InChI is InChI=1S/C7H14O3S/c1-2-3-4-5(8)6(9)7(11)10-4/h4-9,11H,2-3H2,1H3/t4-,5-,6-,7?/m1/s1. The first-order valence-corrected chi connectivity index (χ1v) is 4.38. The minimum absolute atomic E-state index is 0.238. The first-order valence-electron chi connectivity index (χ1n) is 3.86. The predicted octanol–water partition coefficient (Wildman–Crippen LogP) is 0.163. The van der Waals surface area contributed by atoms with E-state index in [-0.39, 0.29) is 6.10 Å². The van der Waals surface area contributed by atoms with Gasteiger partial charge in [0.15, 0.2) is 0 Å². The van der Waals surface area contributed by atoms with Gasteiger partial charge in [0.2, 0.25) is 0 Å². The third kappa shape index (κ3) is 1.87. The van der Waals surface area contributed by atoms with Gasteiger partial charge in [0.1, 0.15) is 17.6 Å². The van der Waals surface area contributed by atoms with Gasteiger partial charge >= 0.3 is 0 Å². The Labute approximate surface area is 71.8 Å². The third-order valence-corrected chi connectivity index (χ3v) is 2.34. The van der Waals surface area contributed by atoms with Crippen LogP contribution in [0.25, 0.3) is 0 Å². The van der Waals surface area contributed by atoms with Gasteiger partial charge in [-0.3, -0.25) is 0 Å². The summed E-state index contributed by atoms with van der Waals surface area (Å²) < 4.78 is 5.19. The van der Waals surface area contributed by atoms with Crippen LogP contribution in [0.1, 0.15) is 19.8 Å². The van der Waals surface area contributed by atoms with Crippen LogP contribution >= 0.6 is 12.6 Å². The summed E-state index contributed by atoms with van der Waals surface area (Å²) in [5.41, 5.74) is -0.526. The Balaban J connectivity index is 2.45. The van der Waals surface area contributed by atoms with E-state index in [2.05, 4.69) is 12.6 Å². The van der Waals surface area contributed by atoms with Gasteiger partial charge in [0.25, 0.3) is 0 Å². The van der Waals surface area contributed by atoms with Crippen molar-refractivity contribution >= 4 is 12.6 Å². The van der Waals surface area contributed by atoms with Crippen molar-refractivity contribution in [1.82, 2.24) is 0 Å². The zero-order valence-electron chi connectivity index (χ0n) is 6.47. The van der Waals surface area contributed by atoms with Crippen LogP contribution in [0, 0.1) is 0 Å². The Morgan fingerprint density at radius 3 is 2.36 bits per heavy atom. The fourth-order valence-electron chi connectivity index (χ4n) is 1.25. The van der Waals surface area contributed by atoms with Gasteiger partial charge in [0.05, 0.1) is 6.10 Å². The SMILES string of the molecule is CCC[C@H]1OC(S)[C@H](O)[C@@H]1O. The Kier molecular flexibility index (Phi) is 3.18. The molecule has 11 heavy (non-hydrogen) atoms. The van der Waals surface area contributed by atoms with Crippen molar-refractivity contribution in [3.05, 3.63) is 0 Å². The monoisotopic (exact) mass is 178 g/mol. The third-order valence-electron chi connectivity index (χ3n) is 1.91. The Morgan fingerprint density at radius 1 is 1.36 bits per heavy atom. The molecule has 2 N–H and O–H groups in total. The average molecular weight is 178 g/mol. The lowest BCUT2D eigenvalue weighted by Gasteiger charge is -2.12. The number of hydrogen-bond donors (Lipinski definition) is 3. The summed E-state index contributed by atoms with van der Waals surface area (Å²) in [5.74, 6) is 0. The summed E-state index contributed by atoms with van der Waals surface area (Å²) in [6, 6.07) is 0. The largest absolute Gasteiger partial charge is 0.388 e. The quantitative estimate of drug-likeness (QED) is 0.528. The maximum Gasteiger partial charge on any atom is 0.129 e. The lowest BCUT2D eigenvalue weighted by Crippen LogP contribution is -2.30. The molecule has 66 valence electrons. The fraction of sp³-hybridized carbons (Fsp3) is 1.00. The molecule has 1 aliphatic rings. The van der Waals surface area contributed by atoms with Crippen LogP contribution < -0.4 is 0 Å². The topological polar surface area (TPSA) is 49.7 Å². The number of hydrogen-bond acceptors (Lipinski definition) is 4. The van der Waals surface area contributed by atoms with Crippen LogP contribution in [0.2, 0.25) is 0 Å². The van der Waals surface area contributed by atoms with Gasteiger partial charge < -0.3 is 14.9 Å². The van der Waals surface area contributed by atoms with Crippen LogP contribution in [-0.2, 0) is 4.74 Å². The predicted molar refractivity (Wildman–Crippen MR) is 44.6 cm³/mol. The normalized spacial score (nSPS) is 44.7. The molecule has 4 atom stereocenters. The molecule has 4 heteroatoms. The molecular weight excluding hydrogens is 164 g/mol. The molecule has 1 saturated heterocycles. The van der Waals surface area contributed by atoms with Crippen molar-refractivity contribution in [2.45, 2.75) is 43.5 Å². The summed E-state index contributed by atoms with van der Waals surface area (Å²) in [6.45, 7) is 2.01. The van der Waals surface area contributed by atoms with Crippen molar-refractivity contribution in [3.63, 3.8) is 0 Å². The second-order valence-electron chi connectivity index (χ2n) is 2.83. The second-order valence-corrected chi connectivity index (χ2v) is 3.34. The van der Waals surface area contributed by atoms with Crippen molar-refractivity contribution < 1.29 is 14.9 Å². The molecule has 1 heterocycles. The van der Waals surface area contributed by atoms with E-state index in [4.69, 9.17) is 4.74 Å². The van der Waals surface area contributed by atoms with Gasteiger partial charge in [-0.25, -0.2) is 0 Å². The van der Waals surface area contributed by atoms with Crippen LogP contribution in [0.4, 0.5) is 0 Å². The van der Waals surface area contributed by atoms with E-state index in [1.54, 1.807) is 0 Å². The molecule has 0 amide bonds. The lowest BCUT2D eigenvalue weighted by molar-refractivity contribution is 0.0185. The highest BCUT2D eigenvalue weighted by molar-refractivity contribution is 7.80. The van der Waals surface area contributed by atoms with Crippen LogP contribution in [0.3, 0.4) is 0 Å². The highest BCUT2D eigenvalue weighted by Gasteiger charge is 2.39. The van der Waals surface area contributed by atoms with Crippen LogP contribution in [0.15, 0.2) is 0 Å². The number of aliphatic hydroxyl groups is 2. The summed E-state index contributed by atoms with van der Waals surface area (Å²) >= 11 is 3.97. The van der Waals surface area contributed by atoms with E-state index in [1.807, 2.05) is 6.92 Å². The van der Waals surface area contributed by atoms with Gasteiger partial charge in [-0.1, -0.05) is 13.3 Å². The van der Waals surface area contributed by atoms with E-state index in [0.717, 1.165) is 12.8 Å². The minimum Gasteiger partial charge on any atom is -0.388 e.